The van der Waals surface area contributed by atoms with Crippen molar-refractivity contribution in [2.75, 3.05) is 30.5 Å². The number of H-pyrrole nitrogens is 1. The van der Waals surface area contributed by atoms with E-state index in [1.165, 1.54) is 23.1 Å². The van der Waals surface area contributed by atoms with Gasteiger partial charge in [-0.2, -0.15) is 11.8 Å². The molecule has 9 nitrogen and oxygen atoms in total. The number of hydrogen-bond donors (Lipinski definition) is 3. The quantitative estimate of drug-likeness (QED) is 0.143. The molecule has 1 aromatic carbocycles. The maximum Gasteiger partial charge on any atom is 0.338 e. The second kappa shape index (κ2) is 12.5. The van der Waals surface area contributed by atoms with E-state index in [9.17, 15) is 14.9 Å². The summed E-state index contributed by atoms with van der Waals surface area (Å²) in [6, 6.07) is 6.78. The molecule has 2 aromatic rings. The number of thioether (sulfide) groups is 1. The molecule has 0 unspecified atom stereocenters. The highest BCUT2D eigenvalue weighted by molar-refractivity contribution is 7.99. The Bertz CT molecular complexity index is 767. The van der Waals surface area contributed by atoms with Crippen LogP contribution < -0.4 is 5.73 Å². The number of hydrogen-bond acceptors (Lipinski definition) is 11. The summed E-state index contributed by atoms with van der Waals surface area (Å²) in [7, 11) is 0. The summed E-state index contributed by atoms with van der Waals surface area (Å²) in [5.74, 6) is 0.635. The van der Waals surface area contributed by atoms with Crippen LogP contribution in [0.2, 0.25) is 0 Å². The predicted molar refractivity (Wildman–Crippen MR) is 106 cm³/mol. The highest BCUT2D eigenvalue weighted by Crippen LogP contribution is 2.10. The number of benzene rings is 1. The van der Waals surface area contributed by atoms with Crippen molar-refractivity contribution in [2.45, 2.75) is 4.90 Å². The second-order valence-corrected chi connectivity index (χ2v) is 7.75. The van der Waals surface area contributed by atoms with Gasteiger partial charge in [0.2, 0.25) is 5.13 Å². The van der Waals surface area contributed by atoms with Gasteiger partial charge in [-0.25, -0.2) is 4.79 Å². The van der Waals surface area contributed by atoms with E-state index >= 15 is 0 Å². The summed E-state index contributed by atoms with van der Waals surface area (Å²) < 4.78 is 5.67. The fourth-order valence-electron chi connectivity index (χ4n) is 1.42. The number of thiol groups is 1. The number of aromatic nitrogens is 2. The van der Waals surface area contributed by atoms with Crippen molar-refractivity contribution in [2.24, 2.45) is 0 Å². The van der Waals surface area contributed by atoms with Crippen molar-refractivity contribution in [3.8, 4) is 0 Å². The lowest BCUT2D eigenvalue weighted by molar-refractivity contribution is -0.756. The average Bonchev–Trinajstić information content (AvgIpc) is 2.97. The minimum Gasteiger partial charge on any atom is -0.461 e. The summed E-state index contributed by atoms with van der Waals surface area (Å²) in [5, 5.41) is 15.6. The van der Waals surface area contributed by atoms with Crippen LogP contribution >= 0.6 is 47.9 Å². The second-order valence-electron chi connectivity index (χ2n) is 4.31. The molecule has 1 heterocycles. The molecule has 2 rings (SSSR count). The highest BCUT2D eigenvalue weighted by atomic mass is 32.2. The molecule has 26 heavy (non-hydrogen) atoms. The van der Waals surface area contributed by atoms with Crippen molar-refractivity contribution in [1.29, 1.82) is 0 Å². The zero-order valence-electron chi connectivity index (χ0n) is 13.3. The van der Waals surface area contributed by atoms with Gasteiger partial charge >= 0.3 is 5.97 Å². The van der Waals surface area contributed by atoms with Crippen LogP contribution in [0.4, 0.5) is 5.13 Å². The van der Waals surface area contributed by atoms with Crippen LogP contribution in [-0.2, 0) is 9.57 Å². The molecule has 3 N–H and O–H groups in total. The Morgan fingerprint density at radius 2 is 2.19 bits per heavy atom. The van der Waals surface area contributed by atoms with Gasteiger partial charge in [0.05, 0.1) is 5.56 Å². The van der Waals surface area contributed by atoms with Crippen LogP contribution in [0.1, 0.15) is 10.4 Å². The maximum atomic E-state index is 11.6. The van der Waals surface area contributed by atoms with Gasteiger partial charge in [-0.05, 0) is 30.4 Å². The highest BCUT2D eigenvalue weighted by Gasteiger charge is 2.06. The van der Waals surface area contributed by atoms with Crippen LogP contribution in [0.25, 0.3) is 0 Å². The summed E-state index contributed by atoms with van der Waals surface area (Å²) in [4.78, 5) is 26.3. The first kappa shape index (κ1) is 22.2. The fraction of sp³-hybridized carbons (Fsp3) is 0.308. The summed E-state index contributed by atoms with van der Waals surface area (Å²) in [5.41, 5.74) is 5.64. The Morgan fingerprint density at radius 3 is 2.73 bits per heavy atom. The number of nitrogens with one attached hydrogen (secondary N) is 1. The lowest BCUT2D eigenvalue weighted by Crippen LogP contribution is -2.09. The molecule has 0 bridgehead atoms. The molecular formula is C13H16N4O5S4. The van der Waals surface area contributed by atoms with Crippen molar-refractivity contribution in [3.63, 3.8) is 0 Å². The van der Waals surface area contributed by atoms with E-state index < -0.39 is 11.1 Å². The lowest BCUT2D eigenvalue weighted by Gasteiger charge is -2.05. The lowest BCUT2D eigenvalue weighted by atomic mass is 10.2. The topological polar surface area (TPSA) is 133 Å². The van der Waals surface area contributed by atoms with E-state index in [2.05, 4.69) is 39.9 Å². The van der Waals surface area contributed by atoms with E-state index in [-0.39, 0.29) is 13.2 Å². The number of esters is 1. The number of anilines is 1. The van der Waals surface area contributed by atoms with E-state index in [0.29, 0.717) is 31.1 Å². The predicted octanol–water partition coefficient (Wildman–Crippen LogP) is 2.86. The van der Waals surface area contributed by atoms with Crippen LogP contribution in [0.5, 0.6) is 0 Å². The third-order valence-electron chi connectivity index (χ3n) is 2.42. The molecule has 0 radical (unpaired) electrons. The van der Waals surface area contributed by atoms with E-state index in [1.54, 1.807) is 24.3 Å². The van der Waals surface area contributed by atoms with Crippen LogP contribution in [0.15, 0.2) is 29.2 Å². The minimum atomic E-state index is -0.828. The zero-order valence-corrected chi connectivity index (χ0v) is 16.7. The van der Waals surface area contributed by atoms with E-state index in [1.807, 2.05) is 0 Å². The van der Waals surface area contributed by atoms with Gasteiger partial charge in [-0.3, -0.25) is 5.10 Å². The minimum absolute atomic E-state index is 0.0350. The molecule has 13 heteroatoms. The van der Waals surface area contributed by atoms with Gasteiger partial charge < -0.3 is 15.3 Å². The molecule has 0 saturated carbocycles. The Morgan fingerprint density at radius 1 is 1.46 bits per heavy atom. The SMILES string of the molecule is Nc1n[nH]c(=S)s1.O=C(OCCSCCO[N+](=O)[O-])c1cccc(S)c1. The largest absolute Gasteiger partial charge is 0.461 e. The molecule has 0 aliphatic heterocycles. The molecule has 0 fully saturated rings. The first-order chi connectivity index (χ1) is 12.4. The third kappa shape index (κ3) is 10.2. The molecule has 142 valence electrons. The number of nitrogens with zero attached hydrogens (tertiary/aromatic N) is 2. The standard InChI is InChI=1S/C11H13NO5S2.C2H3N3S2/c13-11(9-2-1-3-10(18)8-9)16-4-6-19-7-5-17-12(14)15;3-1-4-5-2(6)7-1/h1-3,8,18H,4-7H2;(H2,3,4)(H,5,6). The molecule has 0 spiro atoms. The molecule has 0 atom stereocenters. The Balaban J connectivity index is 0.000000401. The first-order valence-electron chi connectivity index (χ1n) is 7.00. The number of carbonyl (C=O) groups excluding carboxylic acids is 1. The van der Waals surface area contributed by atoms with Gasteiger partial charge in [0.1, 0.15) is 13.2 Å². The fourth-order valence-corrected chi connectivity index (χ4v) is 2.92. The van der Waals surface area contributed by atoms with Crippen molar-refractivity contribution in [1.82, 2.24) is 10.2 Å². The Hall–Kier alpha value is -1.83. The summed E-state index contributed by atoms with van der Waals surface area (Å²) in [6.07, 6.45) is 0. The van der Waals surface area contributed by atoms with Crippen molar-refractivity contribution >= 4 is 59.0 Å². The van der Waals surface area contributed by atoms with Crippen LogP contribution in [0.3, 0.4) is 0 Å². The Kier molecular flexibility index (Phi) is 10.7. The van der Waals surface area contributed by atoms with Gasteiger partial charge in [-0.15, -0.1) is 27.8 Å². The van der Waals surface area contributed by atoms with Crippen LogP contribution in [-0.4, -0.2) is 46.0 Å². The van der Waals surface area contributed by atoms with E-state index in [4.69, 9.17) is 10.5 Å². The number of nitrogen functional groups attached to an aromatic ring is 1. The molecular weight excluding hydrogens is 420 g/mol. The molecule has 1 aromatic heterocycles. The number of rotatable bonds is 8. The van der Waals surface area contributed by atoms with Crippen LogP contribution in [0, 0.1) is 14.1 Å². The zero-order chi connectivity index (χ0) is 19.4. The van der Waals surface area contributed by atoms with Gasteiger partial charge in [0.15, 0.2) is 3.95 Å². The van der Waals surface area contributed by atoms with Crippen molar-refractivity contribution in [3.05, 3.63) is 43.9 Å². The normalized spacial score (nSPS) is 9.73. The third-order valence-corrected chi connectivity index (χ3v) is 4.53. The Labute approximate surface area is 167 Å². The van der Waals surface area contributed by atoms with Gasteiger partial charge in [-0.1, -0.05) is 17.4 Å². The van der Waals surface area contributed by atoms with Crippen molar-refractivity contribution < 1.29 is 19.5 Å². The maximum absolute atomic E-state index is 11.6. The molecule has 0 aliphatic rings. The summed E-state index contributed by atoms with van der Waals surface area (Å²) in [6.45, 7) is 0.284. The number of ether oxygens (including phenoxy) is 1. The first-order valence-corrected chi connectivity index (χ1v) is 9.83. The molecule has 0 amide bonds. The number of nitrogens with two attached hydrogens (primary N) is 1. The van der Waals surface area contributed by atoms with Gasteiger partial charge in [0, 0.05) is 16.4 Å². The average molecular weight is 437 g/mol. The van der Waals surface area contributed by atoms with Gasteiger partial charge in [0.25, 0.3) is 5.09 Å². The monoisotopic (exact) mass is 436 g/mol. The molecule has 0 saturated heterocycles. The number of carbonyl (C=O) groups is 1. The smallest absolute Gasteiger partial charge is 0.338 e. The summed E-state index contributed by atoms with van der Waals surface area (Å²) >= 11 is 11.5. The van der Waals surface area contributed by atoms with E-state index in [0.717, 1.165) is 0 Å². The number of aromatic amines is 1. The molecule has 0 aliphatic carbocycles.